The molecule has 0 spiro atoms. The average molecular weight is 474 g/mol. The molecule has 0 aliphatic carbocycles. The van der Waals surface area contributed by atoms with Gasteiger partial charge in [-0.05, 0) is 73.9 Å². The molecule has 3 amide bonds. The standard InChI is InChI=1S/C26H39N3O5/c1-11-17-14-12-13-15-18(17)20(21(31)28-24(2,3)4)29(25(5,6)7)22(32)19(16-30)27-23(33)34-26(8,9)10/h1,12-15,19-20,30H,16H2,2-10H3,(H,27,33)(H,28,31). The molecule has 8 heteroatoms. The van der Waals surface area contributed by atoms with Crippen LogP contribution in [-0.4, -0.2) is 57.2 Å². The molecule has 188 valence electrons. The van der Waals surface area contributed by atoms with E-state index in [1.54, 1.807) is 65.8 Å². The second-order valence-electron chi connectivity index (χ2n) is 11.1. The highest BCUT2D eigenvalue weighted by Crippen LogP contribution is 2.32. The third kappa shape index (κ3) is 8.38. The minimum Gasteiger partial charge on any atom is -0.444 e. The molecule has 0 aromatic heterocycles. The minimum atomic E-state index is -1.34. The first-order valence-corrected chi connectivity index (χ1v) is 11.2. The first-order chi connectivity index (χ1) is 15.4. The van der Waals surface area contributed by atoms with E-state index in [1.807, 2.05) is 20.8 Å². The highest BCUT2D eigenvalue weighted by molar-refractivity contribution is 5.93. The summed E-state index contributed by atoms with van der Waals surface area (Å²) in [6, 6.07) is 4.43. The van der Waals surface area contributed by atoms with Gasteiger partial charge in [-0.3, -0.25) is 9.59 Å². The fraction of sp³-hybridized carbons (Fsp3) is 0.577. The molecule has 0 radical (unpaired) electrons. The highest BCUT2D eigenvalue weighted by atomic mass is 16.6. The van der Waals surface area contributed by atoms with Crippen LogP contribution in [0.4, 0.5) is 4.79 Å². The Bertz CT molecular complexity index is 929. The SMILES string of the molecule is C#Cc1ccccc1C(C(=O)NC(C)(C)C)N(C(=O)C(CO)NC(=O)OC(C)(C)C)C(C)(C)C. The van der Waals surface area contributed by atoms with E-state index < -0.39 is 53.3 Å². The van der Waals surface area contributed by atoms with Gasteiger partial charge in [-0.2, -0.15) is 0 Å². The van der Waals surface area contributed by atoms with Gasteiger partial charge in [-0.1, -0.05) is 24.1 Å². The fourth-order valence-corrected chi connectivity index (χ4v) is 3.35. The van der Waals surface area contributed by atoms with Gasteiger partial charge in [-0.25, -0.2) is 4.79 Å². The zero-order valence-corrected chi connectivity index (χ0v) is 21.8. The van der Waals surface area contributed by atoms with Gasteiger partial charge in [0, 0.05) is 16.6 Å². The molecule has 0 saturated heterocycles. The van der Waals surface area contributed by atoms with Gasteiger partial charge in [0.1, 0.15) is 17.7 Å². The Kier molecular flexibility index (Phi) is 9.31. The Morgan fingerprint density at radius 2 is 1.62 bits per heavy atom. The lowest BCUT2D eigenvalue weighted by atomic mass is 9.92. The van der Waals surface area contributed by atoms with Crippen molar-refractivity contribution < 1.29 is 24.2 Å². The number of alkyl carbamates (subject to hydrolysis) is 1. The number of rotatable bonds is 6. The van der Waals surface area contributed by atoms with Crippen molar-refractivity contribution in [2.75, 3.05) is 6.61 Å². The number of hydrogen-bond donors (Lipinski definition) is 3. The number of hydrogen-bond acceptors (Lipinski definition) is 5. The van der Waals surface area contributed by atoms with E-state index in [-0.39, 0.29) is 0 Å². The molecular weight excluding hydrogens is 434 g/mol. The van der Waals surface area contributed by atoms with E-state index in [0.29, 0.717) is 11.1 Å². The fourth-order valence-electron chi connectivity index (χ4n) is 3.35. The number of nitrogens with zero attached hydrogens (tertiary/aromatic N) is 1. The Morgan fingerprint density at radius 1 is 1.06 bits per heavy atom. The quantitative estimate of drug-likeness (QED) is 0.550. The Morgan fingerprint density at radius 3 is 2.06 bits per heavy atom. The van der Waals surface area contributed by atoms with Gasteiger partial charge in [0.25, 0.3) is 0 Å². The van der Waals surface area contributed by atoms with Crippen LogP contribution in [-0.2, 0) is 14.3 Å². The Balaban J connectivity index is 3.60. The van der Waals surface area contributed by atoms with E-state index in [2.05, 4.69) is 16.6 Å². The predicted octanol–water partition coefficient (Wildman–Crippen LogP) is 3.14. The number of terminal acetylenes is 1. The summed E-state index contributed by atoms with van der Waals surface area (Å²) in [5.41, 5.74) is -1.35. The highest BCUT2D eigenvalue weighted by Gasteiger charge is 2.43. The van der Waals surface area contributed by atoms with E-state index in [0.717, 1.165) is 0 Å². The largest absolute Gasteiger partial charge is 0.444 e. The molecule has 1 aromatic rings. The summed E-state index contributed by atoms with van der Waals surface area (Å²) >= 11 is 0. The van der Waals surface area contributed by atoms with Crippen LogP contribution in [0, 0.1) is 12.3 Å². The van der Waals surface area contributed by atoms with Crippen molar-refractivity contribution in [2.24, 2.45) is 0 Å². The van der Waals surface area contributed by atoms with Crippen molar-refractivity contribution in [1.29, 1.82) is 0 Å². The second-order valence-corrected chi connectivity index (χ2v) is 11.1. The average Bonchev–Trinajstić information content (AvgIpc) is 2.65. The van der Waals surface area contributed by atoms with Crippen LogP contribution in [0.5, 0.6) is 0 Å². The monoisotopic (exact) mass is 473 g/mol. The molecule has 0 bridgehead atoms. The van der Waals surface area contributed by atoms with E-state index in [4.69, 9.17) is 11.2 Å². The number of carbonyl (C=O) groups excluding carboxylic acids is 3. The number of benzene rings is 1. The van der Waals surface area contributed by atoms with Crippen molar-refractivity contribution in [3.63, 3.8) is 0 Å². The molecule has 34 heavy (non-hydrogen) atoms. The van der Waals surface area contributed by atoms with Gasteiger partial charge in [-0.15, -0.1) is 6.42 Å². The van der Waals surface area contributed by atoms with Crippen molar-refractivity contribution >= 4 is 17.9 Å². The minimum absolute atomic E-state index is 0.438. The molecule has 2 unspecified atom stereocenters. The maximum absolute atomic E-state index is 13.8. The third-order valence-corrected chi connectivity index (χ3v) is 4.55. The summed E-state index contributed by atoms with van der Waals surface area (Å²) in [4.78, 5) is 41.1. The van der Waals surface area contributed by atoms with Crippen molar-refractivity contribution in [3.05, 3.63) is 35.4 Å². The van der Waals surface area contributed by atoms with Crippen LogP contribution in [0.1, 0.15) is 79.5 Å². The summed E-state index contributed by atoms with van der Waals surface area (Å²) in [5.74, 6) is 1.49. The van der Waals surface area contributed by atoms with Gasteiger partial charge >= 0.3 is 6.09 Å². The molecule has 1 rings (SSSR count). The van der Waals surface area contributed by atoms with Crippen molar-refractivity contribution in [1.82, 2.24) is 15.5 Å². The molecule has 0 fully saturated rings. The Hall–Kier alpha value is -3.05. The van der Waals surface area contributed by atoms with Crippen molar-refractivity contribution in [2.45, 2.75) is 91.1 Å². The zero-order chi connectivity index (χ0) is 26.5. The van der Waals surface area contributed by atoms with E-state index in [9.17, 15) is 19.5 Å². The normalized spacial score (nSPS) is 13.8. The summed E-state index contributed by atoms with van der Waals surface area (Å²) in [7, 11) is 0. The van der Waals surface area contributed by atoms with Crippen LogP contribution in [0.2, 0.25) is 0 Å². The molecule has 0 aliphatic heterocycles. The van der Waals surface area contributed by atoms with Crippen LogP contribution in [0.25, 0.3) is 0 Å². The second kappa shape index (κ2) is 10.9. The first-order valence-electron chi connectivity index (χ1n) is 11.2. The van der Waals surface area contributed by atoms with Crippen LogP contribution >= 0.6 is 0 Å². The lowest BCUT2D eigenvalue weighted by molar-refractivity contribution is -0.149. The summed E-state index contributed by atoms with van der Waals surface area (Å²) in [6.07, 6.45) is 4.86. The molecule has 2 atom stereocenters. The summed E-state index contributed by atoms with van der Waals surface area (Å²) in [6.45, 7) is 15.2. The van der Waals surface area contributed by atoms with Crippen LogP contribution < -0.4 is 10.6 Å². The van der Waals surface area contributed by atoms with Gasteiger partial charge in [0.05, 0.1) is 6.61 Å². The molecule has 3 N–H and O–H groups in total. The van der Waals surface area contributed by atoms with E-state index >= 15 is 0 Å². The molecule has 0 saturated carbocycles. The maximum Gasteiger partial charge on any atom is 0.408 e. The predicted molar refractivity (Wildman–Crippen MR) is 132 cm³/mol. The molecule has 0 heterocycles. The number of aliphatic hydroxyl groups is 1. The molecule has 1 aromatic carbocycles. The molecule has 0 aliphatic rings. The van der Waals surface area contributed by atoms with Gasteiger partial charge in [0.15, 0.2) is 0 Å². The zero-order valence-electron chi connectivity index (χ0n) is 21.8. The Labute approximate surface area is 203 Å². The van der Waals surface area contributed by atoms with Gasteiger partial charge in [0.2, 0.25) is 11.8 Å². The third-order valence-electron chi connectivity index (χ3n) is 4.55. The topological polar surface area (TPSA) is 108 Å². The maximum atomic E-state index is 13.8. The number of carbonyl (C=O) groups is 3. The summed E-state index contributed by atoms with van der Waals surface area (Å²) in [5, 5.41) is 15.3. The molecular formula is C26H39N3O5. The van der Waals surface area contributed by atoms with Gasteiger partial charge < -0.3 is 25.4 Å². The summed E-state index contributed by atoms with van der Waals surface area (Å²) < 4.78 is 5.24. The number of amides is 3. The van der Waals surface area contributed by atoms with Crippen molar-refractivity contribution in [3.8, 4) is 12.3 Å². The van der Waals surface area contributed by atoms with E-state index in [1.165, 1.54) is 4.90 Å². The first kappa shape index (κ1) is 29.0. The number of nitrogens with one attached hydrogen (secondary N) is 2. The lowest BCUT2D eigenvalue weighted by Crippen LogP contribution is -2.60. The number of aliphatic hydroxyl groups excluding tert-OH is 1. The smallest absolute Gasteiger partial charge is 0.408 e. The van der Waals surface area contributed by atoms with Crippen LogP contribution in [0.15, 0.2) is 24.3 Å². The van der Waals surface area contributed by atoms with Crippen LogP contribution in [0.3, 0.4) is 0 Å². The lowest BCUT2D eigenvalue weighted by Gasteiger charge is -2.43. The molecule has 8 nitrogen and oxygen atoms in total. The number of ether oxygens (including phenoxy) is 1.